The number of nitrogens with one attached hydrogen (secondary N) is 1. The number of hydrogen-bond donors (Lipinski definition) is 4. The molecule has 0 aliphatic carbocycles. The van der Waals surface area contributed by atoms with E-state index in [-0.39, 0.29) is 19.0 Å². The molecule has 1 atom stereocenters. The van der Waals surface area contributed by atoms with Crippen molar-refractivity contribution in [2.24, 2.45) is 11.3 Å². The Balaban J connectivity index is 0. The Kier molecular flexibility index (Phi) is 12.1. The maximum atomic E-state index is 9.90. The molecule has 0 aromatic rings. The zero-order valence-electron chi connectivity index (χ0n) is 13.7. The minimum Gasteiger partial charge on any atom is -0.481 e. The van der Waals surface area contributed by atoms with Gasteiger partial charge in [-0.15, -0.1) is 0 Å². The van der Waals surface area contributed by atoms with Crippen molar-refractivity contribution in [3.05, 3.63) is 0 Å². The summed E-state index contributed by atoms with van der Waals surface area (Å²) in [5.41, 5.74) is 0.524. The van der Waals surface area contributed by atoms with Crippen LogP contribution in [0, 0.1) is 11.3 Å². The molecule has 6 N–H and O–H groups in total. The highest BCUT2D eigenvalue weighted by molar-refractivity contribution is 5.67. The molecule has 1 rings (SSSR count). The fourth-order valence-electron chi connectivity index (χ4n) is 2.45. The SMILES string of the molecule is CC1CCNCC(C)(C)C1.N.O=C(O)CCCCC(=O)O. The van der Waals surface area contributed by atoms with Crippen LogP contribution >= 0.6 is 0 Å². The summed E-state index contributed by atoms with van der Waals surface area (Å²) in [6.45, 7) is 9.46. The first kappa shape index (κ1) is 22.1. The van der Waals surface area contributed by atoms with E-state index in [1.54, 1.807) is 0 Å². The molecule has 1 aliphatic rings. The Bertz CT molecular complexity index is 290. The Morgan fingerprint density at radius 2 is 1.62 bits per heavy atom. The molecule has 126 valence electrons. The summed E-state index contributed by atoms with van der Waals surface area (Å²) in [5.74, 6) is -0.833. The lowest BCUT2D eigenvalue weighted by Gasteiger charge is -2.23. The van der Waals surface area contributed by atoms with E-state index in [9.17, 15) is 9.59 Å². The monoisotopic (exact) mass is 304 g/mol. The number of hydrogen-bond acceptors (Lipinski definition) is 4. The van der Waals surface area contributed by atoms with E-state index >= 15 is 0 Å². The molecule has 0 radical (unpaired) electrons. The Hall–Kier alpha value is -1.14. The summed E-state index contributed by atoms with van der Waals surface area (Å²) < 4.78 is 0. The molecule has 1 saturated heterocycles. The second-order valence-corrected chi connectivity index (χ2v) is 6.43. The zero-order chi connectivity index (χ0) is 15.6. The van der Waals surface area contributed by atoms with Gasteiger partial charge in [0, 0.05) is 19.4 Å². The smallest absolute Gasteiger partial charge is 0.303 e. The van der Waals surface area contributed by atoms with Crippen LogP contribution < -0.4 is 11.5 Å². The standard InChI is InChI=1S/C9H19N.C6H10O4.H3N/c1-8-4-5-10-7-9(2,3)6-8;7-5(8)3-1-2-4-6(9)10;/h8,10H,4-7H2,1-3H3;1-4H2,(H,7,8)(H,9,10);1H3. The van der Waals surface area contributed by atoms with Gasteiger partial charge < -0.3 is 21.7 Å². The predicted molar refractivity (Wildman–Crippen MR) is 83.8 cm³/mol. The van der Waals surface area contributed by atoms with Crippen molar-refractivity contribution in [2.45, 2.75) is 59.3 Å². The lowest BCUT2D eigenvalue weighted by atomic mass is 9.84. The molecule has 0 spiro atoms. The number of rotatable bonds is 5. The van der Waals surface area contributed by atoms with Crippen LogP contribution in [0.5, 0.6) is 0 Å². The van der Waals surface area contributed by atoms with Gasteiger partial charge in [0.2, 0.25) is 0 Å². The van der Waals surface area contributed by atoms with Gasteiger partial charge >= 0.3 is 11.9 Å². The number of carboxylic acids is 2. The maximum absolute atomic E-state index is 9.90. The van der Waals surface area contributed by atoms with Crippen LogP contribution in [-0.2, 0) is 9.59 Å². The highest BCUT2D eigenvalue weighted by Crippen LogP contribution is 2.27. The third-order valence-electron chi connectivity index (χ3n) is 3.35. The molecule has 6 nitrogen and oxygen atoms in total. The van der Waals surface area contributed by atoms with Crippen LogP contribution in [0.4, 0.5) is 0 Å². The molecule has 1 heterocycles. The summed E-state index contributed by atoms with van der Waals surface area (Å²) >= 11 is 0. The van der Waals surface area contributed by atoms with E-state index in [2.05, 4.69) is 26.1 Å². The number of aliphatic carboxylic acids is 2. The number of unbranched alkanes of at least 4 members (excludes halogenated alkanes) is 1. The zero-order valence-corrected chi connectivity index (χ0v) is 13.7. The van der Waals surface area contributed by atoms with E-state index < -0.39 is 11.9 Å². The highest BCUT2D eigenvalue weighted by atomic mass is 16.4. The molecular weight excluding hydrogens is 272 g/mol. The van der Waals surface area contributed by atoms with E-state index in [0.717, 1.165) is 5.92 Å². The molecule has 0 amide bonds. The van der Waals surface area contributed by atoms with Gasteiger partial charge in [0.1, 0.15) is 0 Å². The van der Waals surface area contributed by atoms with Gasteiger partial charge in [-0.3, -0.25) is 9.59 Å². The first-order valence-corrected chi connectivity index (χ1v) is 7.37. The molecule has 0 aromatic carbocycles. The number of carboxylic acid groups (broad SMARTS) is 2. The van der Waals surface area contributed by atoms with Gasteiger partial charge in [0.15, 0.2) is 0 Å². The van der Waals surface area contributed by atoms with Crippen LogP contribution in [0.25, 0.3) is 0 Å². The summed E-state index contributed by atoms with van der Waals surface area (Å²) in [6.07, 6.45) is 3.74. The summed E-state index contributed by atoms with van der Waals surface area (Å²) in [6, 6.07) is 0. The molecular formula is C15H32N2O4. The fourth-order valence-corrected chi connectivity index (χ4v) is 2.45. The average molecular weight is 304 g/mol. The van der Waals surface area contributed by atoms with Crippen molar-refractivity contribution in [3.63, 3.8) is 0 Å². The van der Waals surface area contributed by atoms with Gasteiger partial charge in [0.25, 0.3) is 0 Å². The lowest BCUT2D eigenvalue weighted by molar-refractivity contribution is -0.139. The van der Waals surface area contributed by atoms with Gasteiger partial charge in [-0.25, -0.2) is 0 Å². The molecule has 0 saturated carbocycles. The normalized spacial score (nSPS) is 20.2. The van der Waals surface area contributed by atoms with Crippen molar-refractivity contribution in [1.82, 2.24) is 11.5 Å². The topological polar surface area (TPSA) is 122 Å². The van der Waals surface area contributed by atoms with E-state index in [1.807, 2.05) is 0 Å². The first-order chi connectivity index (χ1) is 9.23. The molecule has 1 fully saturated rings. The second kappa shape index (κ2) is 11.5. The molecule has 1 aliphatic heterocycles. The molecule has 0 bridgehead atoms. The third-order valence-corrected chi connectivity index (χ3v) is 3.35. The van der Waals surface area contributed by atoms with Gasteiger partial charge in [-0.2, -0.15) is 0 Å². The van der Waals surface area contributed by atoms with Crippen LogP contribution in [0.15, 0.2) is 0 Å². The van der Waals surface area contributed by atoms with Gasteiger partial charge in [-0.1, -0.05) is 20.8 Å². The average Bonchev–Trinajstić information content (AvgIpc) is 2.45. The Morgan fingerprint density at radius 1 is 1.14 bits per heavy atom. The van der Waals surface area contributed by atoms with Gasteiger partial charge in [-0.05, 0) is 43.6 Å². The molecule has 1 unspecified atom stereocenters. The van der Waals surface area contributed by atoms with Crippen LogP contribution in [0.3, 0.4) is 0 Å². The van der Waals surface area contributed by atoms with Crippen LogP contribution in [0.1, 0.15) is 59.3 Å². The third kappa shape index (κ3) is 15.1. The molecule has 6 heteroatoms. The molecule has 0 aromatic heterocycles. The lowest BCUT2D eigenvalue weighted by Crippen LogP contribution is -2.26. The Labute approximate surface area is 127 Å². The predicted octanol–water partition coefficient (Wildman–Crippen LogP) is 2.91. The van der Waals surface area contributed by atoms with Crippen molar-refractivity contribution >= 4 is 11.9 Å². The minimum atomic E-state index is -0.870. The molecule has 21 heavy (non-hydrogen) atoms. The Morgan fingerprint density at radius 3 is 2.05 bits per heavy atom. The summed E-state index contributed by atoms with van der Waals surface area (Å²) in [7, 11) is 0. The maximum Gasteiger partial charge on any atom is 0.303 e. The van der Waals surface area contributed by atoms with E-state index in [1.165, 1.54) is 25.9 Å². The van der Waals surface area contributed by atoms with E-state index in [0.29, 0.717) is 18.3 Å². The van der Waals surface area contributed by atoms with Crippen molar-refractivity contribution in [3.8, 4) is 0 Å². The largest absolute Gasteiger partial charge is 0.481 e. The van der Waals surface area contributed by atoms with Crippen LogP contribution in [-0.4, -0.2) is 35.2 Å². The minimum absolute atomic E-state index is 0. The number of carbonyl (C=O) groups is 2. The second-order valence-electron chi connectivity index (χ2n) is 6.43. The fraction of sp³-hybridized carbons (Fsp3) is 0.867. The summed E-state index contributed by atoms with van der Waals surface area (Å²) in [5, 5.41) is 19.7. The summed E-state index contributed by atoms with van der Waals surface area (Å²) in [4.78, 5) is 19.8. The van der Waals surface area contributed by atoms with Crippen molar-refractivity contribution in [2.75, 3.05) is 13.1 Å². The van der Waals surface area contributed by atoms with Crippen LogP contribution in [0.2, 0.25) is 0 Å². The van der Waals surface area contributed by atoms with Crippen molar-refractivity contribution < 1.29 is 19.8 Å². The highest BCUT2D eigenvalue weighted by Gasteiger charge is 2.22. The quantitative estimate of drug-likeness (QED) is 0.579. The van der Waals surface area contributed by atoms with Crippen molar-refractivity contribution in [1.29, 1.82) is 0 Å². The van der Waals surface area contributed by atoms with Gasteiger partial charge in [0.05, 0.1) is 0 Å². The first-order valence-electron chi connectivity index (χ1n) is 7.37. The van der Waals surface area contributed by atoms with E-state index in [4.69, 9.17) is 10.2 Å².